The van der Waals surface area contributed by atoms with E-state index in [1.807, 2.05) is 6.92 Å². The minimum atomic E-state index is -3.26. The van der Waals surface area contributed by atoms with E-state index in [2.05, 4.69) is 25.4 Å². The highest BCUT2D eigenvalue weighted by Gasteiger charge is 2.22. The summed E-state index contributed by atoms with van der Waals surface area (Å²) in [5.74, 6) is 6.13. The molecule has 0 fully saturated rings. The molecule has 0 unspecified atom stereocenters. The van der Waals surface area contributed by atoms with Gasteiger partial charge in [-0.05, 0) is 20.8 Å². The third-order valence-corrected chi connectivity index (χ3v) is 3.08. The van der Waals surface area contributed by atoms with Crippen molar-refractivity contribution in [2.45, 2.75) is 26.3 Å². The number of hydrazine groups is 1. The smallest absolute Gasteiger partial charge is 0.239 e. The average Bonchev–Trinajstić information content (AvgIpc) is 2.22. The summed E-state index contributed by atoms with van der Waals surface area (Å²) >= 11 is 0. The van der Waals surface area contributed by atoms with Gasteiger partial charge in [0.1, 0.15) is 5.82 Å². The molecule has 1 heterocycles. The van der Waals surface area contributed by atoms with Gasteiger partial charge in [-0.1, -0.05) is 0 Å². The molecule has 0 saturated heterocycles. The van der Waals surface area contributed by atoms with E-state index in [4.69, 9.17) is 5.84 Å². The van der Waals surface area contributed by atoms with E-state index < -0.39 is 15.6 Å². The number of sulfonamides is 1. The van der Waals surface area contributed by atoms with E-state index >= 15 is 0 Å². The molecular formula is C10H20N6O2S. The summed E-state index contributed by atoms with van der Waals surface area (Å²) in [6.45, 7) is 5.74. The summed E-state index contributed by atoms with van der Waals surface area (Å²) in [6, 6.07) is 1.75. The molecule has 5 N–H and O–H groups in total. The molecule has 0 atom stereocenters. The Hall–Kier alpha value is -1.45. The van der Waals surface area contributed by atoms with Crippen LogP contribution in [0.4, 0.5) is 11.8 Å². The van der Waals surface area contributed by atoms with Crippen molar-refractivity contribution in [3.05, 3.63) is 11.8 Å². The Balaban J connectivity index is 2.73. The van der Waals surface area contributed by atoms with E-state index in [1.54, 1.807) is 19.9 Å². The van der Waals surface area contributed by atoms with E-state index in [0.29, 0.717) is 18.3 Å². The molecular weight excluding hydrogens is 268 g/mol. The molecule has 1 aromatic heterocycles. The number of anilines is 2. The molecule has 0 aliphatic rings. The molecule has 0 saturated carbocycles. The summed E-state index contributed by atoms with van der Waals surface area (Å²) in [6.07, 6.45) is 1.13. The molecule has 108 valence electrons. The Bertz CT molecular complexity index is 543. The second-order valence-corrected chi connectivity index (χ2v) is 6.72. The molecule has 1 rings (SSSR count). The van der Waals surface area contributed by atoms with Gasteiger partial charge in [0.2, 0.25) is 16.0 Å². The molecule has 0 bridgehead atoms. The van der Waals surface area contributed by atoms with Crippen molar-refractivity contribution in [3.8, 4) is 0 Å². The van der Waals surface area contributed by atoms with Crippen LogP contribution in [0.25, 0.3) is 0 Å². The van der Waals surface area contributed by atoms with Crippen molar-refractivity contribution in [2.75, 3.05) is 23.5 Å². The number of rotatable bonds is 6. The highest BCUT2D eigenvalue weighted by atomic mass is 32.2. The number of hydrogen-bond acceptors (Lipinski definition) is 7. The molecule has 0 radical (unpaired) electrons. The van der Waals surface area contributed by atoms with Crippen LogP contribution in [0.2, 0.25) is 0 Å². The van der Waals surface area contributed by atoms with Crippen LogP contribution in [-0.4, -0.2) is 36.7 Å². The zero-order valence-corrected chi connectivity index (χ0v) is 12.3. The van der Waals surface area contributed by atoms with Crippen molar-refractivity contribution >= 4 is 21.8 Å². The predicted octanol–water partition coefficient (Wildman–Crippen LogP) is -0.190. The van der Waals surface area contributed by atoms with E-state index in [-0.39, 0.29) is 0 Å². The zero-order chi connectivity index (χ0) is 14.7. The molecule has 0 spiro atoms. The Morgan fingerprint density at radius 2 is 2.00 bits per heavy atom. The van der Waals surface area contributed by atoms with E-state index in [9.17, 15) is 8.42 Å². The Morgan fingerprint density at radius 3 is 2.53 bits per heavy atom. The van der Waals surface area contributed by atoms with Gasteiger partial charge in [0.05, 0.1) is 6.26 Å². The highest BCUT2D eigenvalue weighted by molar-refractivity contribution is 7.88. The number of hydrogen-bond donors (Lipinski definition) is 4. The van der Waals surface area contributed by atoms with Gasteiger partial charge in [-0.15, -0.1) is 0 Å². The van der Waals surface area contributed by atoms with Crippen LogP contribution in [0.5, 0.6) is 0 Å². The largest absolute Gasteiger partial charge is 0.368 e. The fraction of sp³-hybridized carbons (Fsp3) is 0.600. The van der Waals surface area contributed by atoms with Gasteiger partial charge in [0, 0.05) is 23.8 Å². The van der Waals surface area contributed by atoms with Crippen LogP contribution in [0, 0.1) is 6.92 Å². The number of nitrogens with two attached hydrogens (primary N) is 1. The third-order valence-electron chi connectivity index (χ3n) is 2.16. The first-order valence-corrected chi connectivity index (χ1v) is 7.55. The lowest BCUT2D eigenvalue weighted by atomic mass is 10.1. The lowest BCUT2D eigenvalue weighted by Gasteiger charge is -2.25. The van der Waals surface area contributed by atoms with Gasteiger partial charge >= 0.3 is 0 Å². The first-order chi connectivity index (χ1) is 8.61. The third kappa shape index (κ3) is 5.81. The van der Waals surface area contributed by atoms with Gasteiger partial charge in [-0.3, -0.25) is 5.43 Å². The molecule has 0 aliphatic heterocycles. The monoisotopic (exact) mass is 288 g/mol. The Labute approximate surface area is 113 Å². The van der Waals surface area contributed by atoms with Gasteiger partial charge in [-0.25, -0.2) is 24.0 Å². The Morgan fingerprint density at radius 1 is 1.37 bits per heavy atom. The SMILES string of the molecule is Cc1cc(NCC(C)(C)NS(C)(=O)=O)nc(NN)n1. The maximum atomic E-state index is 11.2. The first kappa shape index (κ1) is 15.6. The standard InChI is InChI=1S/C10H20N6O2S/c1-7-5-8(14-9(13-7)15-11)12-6-10(2,3)16-19(4,17)18/h5,16H,6,11H2,1-4H3,(H2,12,13,14,15). The first-order valence-electron chi connectivity index (χ1n) is 5.66. The van der Waals surface area contributed by atoms with Gasteiger partial charge in [0.15, 0.2) is 0 Å². The normalized spacial score (nSPS) is 12.3. The van der Waals surface area contributed by atoms with Gasteiger partial charge in [-0.2, -0.15) is 4.98 Å². The topological polar surface area (TPSA) is 122 Å². The highest BCUT2D eigenvalue weighted by Crippen LogP contribution is 2.11. The van der Waals surface area contributed by atoms with Crippen molar-refractivity contribution in [1.82, 2.24) is 14.7 Å². The van der Waals surface area contributed by atoms with Crippen LogP contribution in [0.3, 0.4) is 0 Å². The number of nitrogens with zero attached hydrogens (tertiary/aromatic N) is 2. The maximum absolute atomic E-state index is 11.2. The molecule has 19 heavy (non-hydrogen) atoms. The van der Waals surface area contributed by atoms with Gasteiger partial charge in [0.25, 0.3) is 0 Å². The minimum Gasteiger partial charge on any atom is -0.368 e. The maximum Gasteiger partial charge on any atom is 0.239 e. The van der Waals surface area contributed by atoms with Crippen LogP contribution in [0.15, 0.2) is 6.07 Å². The van der Waals surface area contributed by atoms with Crippen LogP contribution in [-0.2, 0) is 10.0 Å². The predicted molar refractivity (Wildman–Crippen MR) is 75.1 cm³/mol. The fourth-order valence-electron chi connectivity index (χ4n) is 1.57. The molecule has 8 nitrogen and oxygen atoms in total. The molecule has 9 heteroatoms. The average molecular weight is 288 g/mol. The fourth-order valence-corrected chi connectivity index (χ4v) is 2.65. The van der Waals surface area contributed by atoms with E-state index in [1.165, 1.54) is 0 Å². The summed E-state index contributed by atoms with van der Waals surface area (Å²) in [5.41, 5.74) is 2.48. The molecule has 1 aromatic rings. The van der Waals surface area contributed by atoms with Crippen molar-refractivity contribution in [1.29, 1.82) is 0 Å². The van der Waals surface area contributed by atoms with Crippen molar-refractivity contribution in [3.63, 3.8) is 0 Å². The van der Waals surface area contributed by atoms with Crippen LogP contribution < -0.4 is 21.3 Å². The van der Waals surface area contributed by atoms with Crippen molar-refractivity contribution in [2.24, 2.45) is 5.84 Å². The number of nitrogen functional groups attached to an aromatic ring is 1. The van der Waals surface area contributed by atoms with Crippen LogP contribution >= 0.6 is 0 Å². The van der Waals surface area contributed by atoms with Crippen molar-refractivity contribution < 1.29 is 8.42 Å². The Kier molecular flexibility index (Phi) is 4.66. The number of aryl methyl sites for hydroxylation is 1. The molecule has 0 amide bonds. The number of aromatic nitrogens is 2. The lowest BCUT2D eigenvalue weighted by Crippen LogP contribution is -2.47. The summed E-state index contributed by atoms with van der Waals surface area (Å²) < 4.78 is 25.0. The second kappa shape index (κ2) is 5.68. The quantitative estimate of drug-likeness (QED) is 0.423. The lowest BCUT2D eigenvalue weighted by molar-refractivity contribution is 0.476. The zero-order valence-electron chi connectivity index (χ0n) is 11.5. The molecule has 0 aromatic carbocycles. The number of nitrogens with one attached hydrogen (secondary N) is 3. The summed E-state index contributed by atoms with van der Waals surface area (Å²) in [7, 11) is -3.26. The molecule has 0 aliphatic carbocycles. The minimum absolute atomic E-state index is 0.302. The van der Waals surface area contributed by atoms with Crippen LogP contribution in [0.1, 0.15) is 19.5 Å². The summed E-state index contributed by atoms with van der Waals surface area (Å²) in [4.78, 5) is 8.17. The van der Waals surface area contributed by atoms with Gasteiger partial charge < -0.3 is 5.32 Å². The second-order valence-electron chi connectivity index (χ2n) is 4.97. The summed E-state index contributed by atoms with van der Waals surface area (Å²) in [5, 5.41) is 3.05. The van der Waals surface area contributed by atoms with E-state index in [0.717, 1.165) is 11.9 Å².